The molecule has 2 aromatic carbocycles. The first-order valence-corrected chi connectivity index (χ1v) is 8.82. The van der Waals surface area contributed by atoms with Crippen LogP contribution in [0.5, 0.6) is 0 Å². The number of halogens is 1. The van der Waals surface area contributed by atoms with Crippen LogP contribution in [0.3, 0.4) is 0 Å². The molecule has 0 unspecified atom stereocenters. The fourth-order valence-corrected chi connectivity index (χ4v) is 4.73. The lowest BCUT2D eigenvalue weighted by atomic mass is 9.87. The normalized spacial score (nSPS) is 17.4. The number of aryl methyl sites for hydroxylation is 1. The molecule has 110 valence electrons. The van der Waals surface area contributed by atoms with Crippen LogP contribution in [0.15, 0.2) is 46.9 Å². The Morgan fingerprint density at radius 1 is 1.18 bits per heavy atom. The van der Waals surface area contributed by atoms with Crippen molar-refractivity contribution >= 4 is 49.6 Å². The first kappa shape index (κ1) is 14.0. The standard InChI is InChI=1S/C18H14BrNOS/c1-10-6-7-16(22-10)13-9-17(21)20-18-12-5-3-2-4-11(12)15(19)8-14(13)18/h2-8,13H,9H2,1H3,(H,20,21)/t13-/m0/s1. The smallest absolute Gasteiger partial charge is 0.225 e. The molecule has 1 aliphatic rings. The third kappa shape index (κ3) is 2.18. The Kier molecular flexibility index (Phi) is 3.31. The van der Waals surface area contributed by atoms with Crippen molar-refractivity contribution in [2.75, 3.05) is 5.32 Å². The molecular weight excluding hydrogens is 358 g/mol. The van der Waals surface area contributed by atoms with E-state index in [4.69, 9.17) is 0 Å². The minimum Gasteiger partial charge on any atom is -0.325 e. The zero-order valence-corrected chi connectivity index (χ0v) is 14.4. The molecule has 1 N–H and O–H groups in total. The van der Waals surface area contributed by atoms with Gasteiger partial charge in [-0.15, -0.1) is 11.3 Å². The number of carbonyl (C=O) groups excluding carboxylic acids is 1. The van der Waals surface area contributed by atoms with Gasteiger partial charge in [0, 0.05) is 32.0 Å². The van der Waals surface area contributed by atoms with Gasteiger partial charge >= 0.3 is 0 Å². The summed E-state index contributed by atoms with van der Waals surface area (Å²) in [6.07, 6.45) is 0.512. The largest absolute Gasteiger partial charge is 0.325 e. The predicted molar refractivity (Wildman–Crippen MR) is 95.8 cm³/mol. The lowest BCUT2D eigenvalue weighted by molar-refractivity contribution is -0.116. The molecule has 4 heteroatoms. The Bertz CT molecular complexity index is 899. The molecule has 0 saturated carbocycles. The Hall–Kier alpha value is -1.65. The van der Waals surface area contributed by atoms with Gasteiger partial charge in [0.25, 0.3) is 0 Å². The number of hydrogen-bond donors (Lipinski definition) is 1. The second-order valence-electron chi connectivity index (χ2n) is 5.62. The molecular formula is C18H14BrNOS. The quantitative estimate of drug-likeness (QED) is 0.605. The number of benzene rings is 2. The van der Waals surface area contributed by atoms with Gasteiger partial charge in [-0.25, -0.2) is 0 Å². The van der Waals surface area contributed by atoms with E-state index in [9.17, 15) is 4.79 Å². The number of fused-ring (bicyclic) bond motifs is 3. The zero-order valence-electron chi connectivity index (χ0n) is 12.0. The van der Waals surface area contributed by atoms with Gasteiger partial charge in [-0.2, -0.15) is 0 Å². The lowest BCUT2D eigenvalue weighted by Crippen LogP contribution is -2.23. The van der Waals surface area contributed by atoms with E-state index < -0.39 is 0 Å². The van der Waals surface area contributed by atoms with Gasteiger partial charge in [-0.1, -0.05) is 40.2 Å². The van der Waals surface area contributed by atoms with E-state index in [0.29, 0.717) is 6.42 Å². The summed E-state index contributed by atoms with van der Waals surface area (Å²) >= 11 is 5.46. The number of thiophene rings is 1. The zero-order chi connectivity index (χ0) is 15.3. The minimum atomic E-state index is 0.0935. The average Bonchev–Trinajstić information content (AvgIpc) is 2.94. The van der Waals surface area contributed by atoms with Crippen molar-refractivity contribution in [3.05, 3.63) is 62.3 Å². The van der Waals surface area contributed by atoms with Gasteiger partial charge in [0.2, 0.25) is 5.91 Å². The van der Waals surface area contributed by atoms with Gasteiger partial charge in [0.05, 0.1) is 5.69 Å². The van der Waals surface area contributed by atoms with Crippen LogP contribution in [-0.2, 0) is 4.79 Å². The Balaban J connectivity index is 1.99. The maximum absolute atomic E-state index is 12.2. The van der Waals surface area contributed by atoms with Crippen LogP contribution in [0.4, 0.5) is 5.69 Å². The molecule has 0 spiro atoms. The summed E-state index contributed by atoms with van der Waals surface area (Å²) in [5.74, 6) is 0.236. The summed E-state index contributed by atoms with van der Waals surface area (Å²) in [4.78, 5) is 14.8. The fourth-order valence-electron chi connectivity index (χ4n) is 3.15. The highest BCUT2D eigenvalue weighted by Gasteiger charge is 2.29. The SMILES string of the molecule is Cc1ccc([C@H]2CC(=O)Nc3c2cc(Br)c2ccccc32)s1. The molecule has 0 fully saturated rings. The maximum Gasteiger partial charge on any atom is 0.225 e. The molecule has 0 saturated heterocycles. The third-order valence-corrected chi connectivity index (χ3v) is 5.93. The first-order chi connectivity index (χ1) is 10.6. The molecule has 0 bridgehead atoms. The van der Waals surface area contributed by atoms with E-state index in [1.54, 1.807) is 11.3 Å². The number of anilines is 1. The van der Waals surface area contributed by atoms with E-state index in [2.05, 4.69) is 58.5 Å². The molecule has 1 amide bonds. The third-order valence-electron chi connectivity index (χ3n) is 4.16. The van der Waals surface area contributed by atoms with E-state index in [-0.39, 0.29) is 11.8 Å². The minimum absolute atomic E-state index is 0.0935. The van der Waals surface area contributed by atoms with Crippen LogP contribution in [0.1, 0.15) is 27.7 Å². The first-order valence-electron chi connectivity index (χ1n) is 7.21. The molecule has 22 heavy (non-hydrogen) atoms. The second-order valence-corrected chi connectivity index (χ2v) is 7.80. The molecule has 2 nitrogen and oxygen atoms in total. The molecule has 2 heterocycles. The molecule has 1 aromatic heterocycles. The second kappa shape index (κ2) is 5.21. The number of amides is 1. The molecule has 0 radical (unpaired) electrons. The van der Waals surface area contributed by atoms with Gasteiger partial charge in [0.1, 0.15) is 0 Å². The van der Waals surface area contributed by atoms with Crippen molar-refractivity contribution < 1.29 is 4.79 Å². The number of nitrogens with one attached hydrogen (secondary N) is 1. The van der Waals surface area contributed by atoms with Gasteiger partial charge in [0.15, 0.2) is 0 Å². The Labute approximate surface area is 141 Å². The van der Waals surface area contributed by atoms with Crippen molar-refractivity contribution in [2.24, 2.45) is 0 Å². The predicted octanol–water partition coefficient (Wildman–Crippen LogP) is 5.45. The monoisotopic (exact) mass is 371 g/mol. The summed E-state index contributed by atoms with van der Waals surface area (Å²) < 4.78 is 1.08. The fraction of sp³-hybridized carbons (Fsp3) is 0.167. The summed E-state index contributed by atoms with van der Waals surface area (Å²) in [5, 5.41) is 5.31. The molecule has 4 rings (SSSR count). The Morgan fingerprint density at radius 2 is 1.95 bits per heavy atom. The maximum atomic E-state index is 12.2. The summed E-state index contributed by atoms with van der Waals surface area (Å²) in [5.41, 5.74) is 2.16. The molecule has 1 aliphatic heterocycles. The summed E-state index contributed by atoms with van der Waals surface area (Å²) in [6.45, 7) is 2.11. The van der Waals surface area contributed by atoms with E-state index in [0.717, 1.165) is 20.9 Å². The van der Waals surface area contributed by atoms with Crippen LogP contribution in [0, 0.1) is 6.92 Å². The highest BCUT2D eigenvalue weighted by molar-refractivity contribution is 9.10. The van der Waals surface area contributed by atoms with Crippen molar-refractivity contribution in [3.63, 3.8) is 0 Å². The van der Waals surface area contributed by atoms with Crippen LogP contribution < -0.4 is 5.32 Å². The number of rotatable bonds is 1. The summed E-state index contributed by atoms with van der Waals surface area (Å²) in [6, 6.07) is 14.6. The summed E-state index contributed by atoms with van der Waals surface area (Å²) in [7, 11) is 0. The number of hydrogen-bond acceptors (Lipinski definition) is 2. The Morgan fingerprint density at radius 3 is 2.68 bits per heavy atom. The lowest BCUT2D eigenvalue weighted by Gasteiger charge is -2.27. The van der Waals surface area contributed by atoms with Gasteiger partial charge < -0.3 is 5.32 Å². The molecule has 3 aromatic rings. The van der Waals surface area contributed by atoms with Gasteiger partial charge in [-0.05, 0) is 36.1 Å². The highest BCUT2D eigenvalue weighted by atomic mass is 79.9. The molecule has 1 atom stereocenters. The van der Waals surface area contributed by atoms with E-state index in [1.165, 1.54) is 15.3 Å². The van der Waals surface area contributed by atoms with Crippen molar-refractivity contribution in [1.29, 1.82) is 0 Å². The van der Waals surface area contributed by atoms with Crippen molar-refractivity contribution in [1.82, 2.24) is 0 Å². The van der Waals surface area contributed by atoms with Crippen LogP contribution in [0.2, 0.25) is 0 Å². The topological polar surface area (TPSA) is 29.1 Å². The van der Waals surface area contributed by atoms with Crippen LogP contribution in [0.25, 0.3) is 10.8 Å². The van der Waals surface area contributed by atoms with Crippen LogP contribution >= 0.6 is 27.3 Å². The van der Waals surface area contributed by atoms with E-state index >= 15 is 0 Å². The van der Waals surface area contributed by atoms with Gasteiger partial charge in [-0.3, -0.25) is 4.79 Å². The number of carbonyl (C=O) groups is 1. The average molecular weight is 372 g/mol. The van der Waals surface area contributed by atoms with Crippen molar-refractivity contribution in [3.8, 4) is 0 Å². The highest BCUT2D eigenvalue weighted by Crippen LogP contribution is 2.44. The molecule has 0 aliphatic carbocycles. The van der Waals surface area contributed by atoms with Crippen molar-refractivity contribution in [2.45, 2.75) is 19.3 Å². The van der Waals surface area contributed by atoms with E-state index in [1.807, 2.05) is 12.1 Å². The van der Waals surface area contributed by atoms with Crippen LogP contribution in [-0.4, -0.2) is 5.91 Å².